The van der Waals surface area contributed by atoms with Gasteiger partial charge in [-0.1, -0.05) is 19.1 Å². The Morgan fingerprint density at radius 3 is 2.81 bits per heavy atom. The molecule has 0 saturated carbocycles. The summed E-state index contributed by atoms with van der Waals surface area (Å²) in [5.41, 5.74) is 0.869. The summed E-state index contributed by atoms with van der Waals surface area (Å²) < 4.78 is 4.74. The van der Waals surface area contributed by atoms with Crippen molar-refractivity contribution in [2.24, 2.45) is 0 Å². The van der Waals surface area contributed by atoms with Gasteiger partial charge in [0.2, 0.25) is 0 Å². The minimum absolute atomic E-state index is 0.141. The Morgan fingerprint density at radius 2 is 2.10 bits per heavy atom. The first-order valence-electron chi connectivity index (χ1n) is 7.42. The lowest BCUT2D eigenvalue weighted by atomic mass is 10.0. The molecule has 0 bridgehead atoms. The monoisotopic (exact) mass is 290 g/mol. The zero-order valence-corrected chi connectivity index (χ0v) is 12.6. The summed E-state index contributed by atoms with van der Waals surface area (Å²) in [5, 5.41) is 2.85. The second-order valence-corrected chi connectivity index (χ2v) is 5.22. The molecule has 1 heterocycles. The average molecular weight is 290 g/mol. The van der Waals surface area contributed by atoms with E-state index in [9.17, 15) is 9.59 Å². The molecule has 1 atom stereocenters. The first-order valence-corrected chi connectivity index (χ1v) is 7.42. The number of hydrogen-bond acceptors (Lipinski definition) is 3. The summed E-state index contributed by atoms with van der Waals surface area (Å²) >= 11 is 0. The fourth-order valence-electron chi connectivity index (χ4n) is 2.76. The third-order valence-electron chi connectivity index (χ3n) is 3.93. The summed E-state index contributed by atoms with van der Waals surface area (Å²) in [6, 6.07) is 7.04. The maximum Gasteiger partial charge on any atom is 0.339 e. The van der Waals surface area contributed by atoms with Gasteiger partial charge in [0, 0.05) is 12.6 Å². The topological polar surface area (TPSA) is 58.6 Å². The average Bonchev–Trinajstić information content (AvgIpc) is 2.54. The van der Waals surface area contributed by atoms with Crippen molar-refractivity contribution in [1.82, 2.24) is 4.90 Å². The SMILES string of the molecule is CCC1CCCCN1C(=O)Nc1ccccc1C(=O)OC. The predicted molar refractivity (Wildman–Crippen MR) is 81.4 cm³/mol. The number of urea groups is 1. The summed E-state index contributed by atoms with van der Waals surface area (Å²) in [6.45, 7) is 2.86. The molecule has 1 N–H and O–H groups in total. The van der Waals surface area contributed by atoms with E-state index in [1.807, 2.05) is 4.90 Å². The molecule has 1 fully saturated rings. The van der Waals surface area contributed by atoms with Crippen LogP contribution in [-0.2, 0) is 4.74 Å². The fourth-order valence-corrected chi connectivity index (χ4v) is 2.76. The Kier molecular flexibility index (Phi) is 5.20. The highest BCUT2D eigenvalue weighted by Gasteiger charge is 2.26. The smallest absolute Gasteiger partial charge is 0.339 e. The molecule has 2 rings (SSSR count). The van der Waals surface area contributed by atoms with Crippen LogP contribution in [0.25, 0.3) is 0 Å². The maximum atomic E-state index is 12.5. The van der Waals surface area contributed by atoms with Crippen LogP contribution in [0.2, 0.25) is 0 Å². The van der Waals surface area contributed by atoms with Crippen LogP contribution < -0.4 is 5.32 Å². The summed E-state index contributed by atoms with van der Waals surface area (Å²) in [6.07, 6.45) is 4.19. The van der Waals surface area contributed by atoms with Crippen molar-refractivity contribution >= 4 is 17.7 Å². The standard InChI is InChI=1S/C16H22N2O3/c1-3-12-8-6-7-11-18(12)16(20)17-14-10-5-4-9-13(14)15(19)21-2/h4-5,9-10,12H,3,6-8,11H2,1-2H3,(H,17,20). The number of carbonyl (C=O) groups is 2. The third-order valence-corrected chi connectivity index (χ3v) is 3.93. The van der Waals surface area contributed by atoms with E-state index in [4.69, 9.17) is 4.74 Å². The molecule has 1 unspecified atom stereocenters. The van der Waals surface area contributed by atoms with Gasteiger partial charge >= 0.3 is 12.0 Å². The van der Waals surface area contributed by atoms with Gasteiger partial charge in [0.25, 0.3) is 0 Å². The minimum Gasteiger partial charge on any atom is -0.465 e. The normalized spacial score (nSPS) is 18.2. The highest BCUT2D eigenvalue weighted by Crippen LogP contribution is 2.22. The number of ether oxygens (including phenoxy) is 1. The zero-order valence-electron chi connectivity index (χ0n) is 12.6. The Hall–Kier alpha value is -2.04. The Labute approximate surface area is 125 Å². The molecule has 5 nitrogen and oxygen atoms in total. The van der Waals surface area contributed by atoms with Crippen LogP contribution in [0.5, 0.6) is 0 Å². The number of amides is 2. The molecular formula is C16H22N2O3. The number of benzene rings is 1. The van der Waals surface area contributed by atoms with E-state index in [2.05, 4.69) is 12.2 Å². The van der Waals surface area contributed by atoms with Crippen LogP contribution in [0.15, 0.2) is 24.3 Å². The van der Waals surface area contributed by atoms with Crippen molar-refractivity contribution in [3.8, 4) is 0 Å². The van der Waals surface area contributed by atoms with E-state index in [0.717, 1.165) is 25.8 Å². The van der Waals surface area contributed by atoms with Crippen LogP contribution >= 0.6 is 0 Å². The Morgan fingerprint density at radius 1 is 1.33 bits per heavy atom. The summed E-state index contributed by atoms with van der Waals surface area (Å²) in [5.74, 6) is -0.448. The van der Waals surface area contributed by atoms with Crippen molar-refractivity contribution in [2.75, 3.05) is 19.0 Å². The largest absolute Gasteiger partial charge is 0.465 e. The van der Waals surface area contributed by atoms with Crippen molar-refractivity contribution in [1.29, 1.82) is 0 Å². The van der Waals surface area contributed by atoms with E-state index in [0.29, 0.717) is 11.3 Å². The van der Waals surface area contributed by atoms with Crippen LogP contribution in [0.3, 0.4) is 0 Å². The van der Waals surface area contributed by atoms with Crippen molar-refractivity contribution in [3.05, 3.63) is 29.8 Å². The molecule has 0 spiro atoms. The van der Waals surface area contributed by atoms with Gasteiger partial charge in [-0.05, 0) is 37.8 Å². The molecule has 1 aromatic carbocycles. The van der Waals surface area contributed by atoms with Crippen LogP contribution in [0, 0.1) is 0 Å². The van der Waals surface area contributed by atoms with E-state index in [1.165, 1.54) is 13.5 Å². The molecule has 0 radical (unpaired) electrons. The number of carbonyl (C=O) groups excluding carboxylic acids is 2. The Balaban J connectivity index is 2.14. The maximum absolute atomic E-state index is 12.5. The summed E-state index contributed by atoms with van der Waals surface area (Å²) in [7, 11) is 1.33. The fraction of sp³-hybridized carbons (Fsp3) is 0.500. The Bertz CT molecular complexity index is 516. The second kappa shape index (κ2) is 7.11. The van der Waals surface area contributed by atoms with Crippen LogP contribution in [0.4, 0.5) is 10.5 Å². The lowest BCUT2D eigenvalue weighted by molar-refractivity contribution is 0.0602. The van der Waals surface area contributed by atoms with Crippen LogP contribution in [0.1, 0.15) is 43.0 Å². The van der Waals surface area contributed by atoms with Gasteiger partial charge < -0.3 is 15.0 Å². The highest BCUT2D eigenvalue weighted by atomic mass is 16.5. The zero-order chi connectivity index (χ0) is 15.2. The molecule has 1 aromatic rings. The van der Waals surface area contributed by atoms with Gasteiger partial charge in [-0.25, -0.2) is 9.59 Å². The number of piperidine rings is 1. The number of para-hydroxylation sites is 1. The van der Waals surface area contributed by atoms with Crippen molar-refractivity contribution in [3.63, 3.8) is 0 Å². The number of nitrogens with zero attached hydrogens (tertiary/aromatic N) is 1. The second-order valence-electron chi connectivity index (χ2n) is 5.22. The minimum atomic E-state index is -0.448. The third kappa shape index (κ3) is 3.54. The van der Waals surface area contributed by atoms with Crippen molar-refractivity contribution in [2.45, 2.75) is 38.6 Å². The quantitative estimate of drug-likeness (QED) is 0.869. The van der Waals surface area contributed by atoms with Crippen molar-refractivity contribution < 1.29 is 14.3 Å². The van der Waals surface area contributed by atoms with Gasteiger partial charge in [0.15, 0.2) is 0 Å². The van der Waals surface area contributed by atoms with E-state index in [1.54, 1.807) is 24.3 Å². The highest BCUT2D eigenvalue weighted by molar-refractivity contribution is 6.00. The summed E-state index contributed by atoms with van der Waals surface area (Å²) in [4.78, 5) is 26.1. The first-order chi connectivity index (χ1) is 10.2. The lowest BCUT2D eigenvalue weighted by Crippen LogP contribution is -2.45. The van der Waals surface area contributed by atoms with Gasteiger partial charge in [0.05, 0.1) is 18.4 Å². The van der Waals surface area contributed by atoms with E-state index >= 15 is 0 Å². The van der Waals surface area contributed by atoms with E-state index in [-0.39, 0.29) is 12.1 Å². The number of methoxy groups -OCH3 is 1. The first kappa shape index (κ1) is 15.4. The molecule has 1 saturated heterocycles. The number of nitrogens with one attached hydrogen (secondary N) is 1. The van der Waals surface area contributed by atoms with E-state index < -0.39 is 5.97 Å². The molecule has 0 aliphatic carbocycles. The molecule has 5 heteroatoms. The van der Waals surface area contributed by atoms with Gasteiger partial charge in [-0.15, -0.1) is 0 Å². The molecular weight excluding hydrogens is 268 g/mol. The number of likely N-dealkylation sites (tertiary alicyclic amines) is 1. The number of hydrogen-bond donors (Lipinski definition) is 1. The molecule has 21 heavy (non-hydrogen) atoms. The van der Waals surface area contributed by atoms with Gasteiger partial charge in [-0.3, -0.25) is 0 Å². The molecule has 1 aliphatic rings. The lowest BCUT2D eigenvalue weighted by Gasteiger charge is -2.35. The molecule has 114 valence electrons. The number of esters is 1. The molecule has 1 aliphatic heterocycles. The van der Waals surface area contributed by atoms with Gasteiger partial charge in [-0.2, -0.15) is 0 Å². The number of anilines is 1. The molecule has 0 aromatic heterocycles. The van der Waals surface area contributed by atoms with Gasteiger partial charge in [0.1, 0.15) is 0 Å². The van der Waals surface area contributed by atoms with Crippen LogP contribution in [-0.4, -0.2) is 36.6 Å². The number of rotatable bonds is 3. The molecule has 2 amide bonds. The predicted octanol–water partition coefficient (Wildman–Crippen LogP) is 3.27.